The zero-order valence-electron chi connectivity index (χ0n) is 9.16. The lowest BCUT2D eigenvalue weighted by atomic mass is 10.0. The van der Waals surface area contributed by atoms with E-state index in [1.165, 1.54) is 5.57 Å². The highest BCUT2D eigenvalue weighted by atomic mass is 16.5. The van der Waals surface area contributed by atoms with Gasteiger partial charge in [0.1, 0.15) is 0 Å². The van der Waals surface area contributed by atoms with Gasteiger partial charge in [0.05, 0.1) is 6.10 Å². The van der Waals surface area contributed by atoms with Crippen LogP contribution in [0.3, 0.4) is 0 Å². The highest BCUT2D eigenvalue weighted by Gasteiger charge is 2.07. The van der Waals surface area contributed by atoms with Crippen LogP contribution >= 0.6 is 0 Å². The largest absolute Gasteiger partial charge is 0.385 e. The minimum atomic E-state index is 0.280. The smallest absolute Gasteiger partial charge is 0.0793 e. The Labute approximate surface area is 86.6 Å². The summed E-state index contributed by atoms with van der Waals surface area (Å²) >= 11 is 0. The molecule has 1 rings (SSSR count). The molecule has 0 spiro atoms. The summed E-state index contributed by atoms with van der Waals surface area (Å²) in [5.74, 6) is 0. The minimum Gasteiger partial charge on any atom is -0.385 e. The van der Waals surface area contributed by atoms with Crippen LogP contribution in [0.5, 0.6) is 0 Å². The second-order valence-corrected chi connectivity index (χ2v) is 3.48. The Kier molecular flexibility index (Phi) is 5.57. The van der Waals surface area contributed by atoms with Gasteiger partial charge in [-0.3, -0.25) is 0 Å². The van der Waals surface area contributed by atoms with Crippen LogP contribution in [0.15, 0.2) is 23.8 Å². The molecule has 0 aromatic rings. The van der Waals surface area contributed by atoms with Gasteiger partial charge in [-0.25, -0.2) is 0 Å². The second kappa shape index (κ2) is 6.80. The summed E-state index contributed by atoms with van der Waals surface area (Å²) in [4.78, 5) is 0. The van der Waals surface area contributed by atoms with Gasteiger partial charge in [0.25, 0.3) is 0 Å². The summed E-state index contributed by atoms with van der Waals surface area (Å²) in [5.41, 5.74) is 1.42. The van der Waals surface area contributed by atoms with Crippen LogP contribution in [0, 0.1) is 0 Å². The fraction of sp³-hybridized carbons (Fsp3) is 0.667. The maximum Gasteiger partial charge on any atom is 0.0793 e. The van der Waals surface area contributed by atoms with Crippen molar-refractivity contribution in [2.75, 3.05) is 20.3 Å². The molecule has 2 heteroatoms. The van der Waals surface area contributed by atoms with E-state index in [0.29, 0.717) is 0 Å². The van der Waals surface area contributed by atoms with Crippen LogP contribution in [0.25, 0.3) is 0 Å². The number of hydrogen-bond acceptors (Lipinski definition) is 2. The molecular weight excluding hydrogens is 176 g/mol. The Morgan fingerprint density at radius 1 is 1.43 bits per heavy atom. The third-order valence-electron chi connectivity index (χ3n) is 2.37. The summed E-state index contributed by atoms with van der Waals surface area (Å²) in [6, 6.07) is 0. The van der Waals surface area contributed by atoms with Gasteiger partial charge in [-0.15, -0.1) is 0 Å². The van der Waals surface area contributed by atoms with E-state index < -0.39 is 0 Å². The molecule has 0 fully saturated rings. The highest BCUT2D eigenvalue weighted by molar-refractivity contribution is 5.23. The molecule has 0 amide bonds. The quantitative estimate of drug-likeness (QED) is 0.608. The van der Waals surface area contributed by atoms with Crippen molar-refractivity contribution in [3.05, 3.63) is 23.8 Å². The van der Waals surface area contributed by atoms with E-state index in [0.717, 1.165) is 32.5 Å². The van der Waals surface area contributed by atoms with Crippen molar-refractivity contribution in [1.29, 1.82) is 0 Å². The standard InChI is InChI=1S/C12H20O2/c1-3-11-5-7-12(8-6-11)14-10-4-9-13-2/h5-7,12H,3-4,8-10H2,1-2H3. The van der Waals surface area contributed by atoms with E-state index in [1.54, 1.807) is 7.11 Å². The van der Waals surface area contributed by atoms with E-state index >= 15 is 0 Å². The fourth-order valence-electron chi connectivity index (χ4n) is 1.47. The lowest BCUT2D eigenvalue weighted by molar-refractivity contribution is 0.0670. The molecule has 2 nitrogen and oxygen atoms in total. The average Bonchev–Trinajstić information content (AvgIpc) is 2.25. The summed E-state index contributed by atoms with van der Waals surface area (Å²) in [6.07, 6.45) is 9.99. The number of hydrogen-bond donors (Lipinski definition) is 0. The Hall–Kier alpha value is -0.600. The summed E-state index contributed by atoms with van der Waals surface area (Å²) in [5, 5.41) is 0. The van der Waals surface area contributed by atoms with Crippen molar-refractivity contribution in [3.63, 3.8) is 0 Å². The van der Waals surface area contributed by atoms with Crippen LogP contribution in [-0.4, -0.2) is 26.4 Å². The average molecular weight is 196 g/mol. The minimum absolute atomic E-state index is 0.280. The molecule has 0 heterocycles. The summed E-state index contributed by atoms with van der Waals surface area (Å²) < 4.78 is 10.6. The molecule has 0 bridgehead atoms. The van der Waals surface area contributed by atoms with E-state index in [2.05, 4.69) is 25.2 Å². The zero-order valence-corrected chi connectivity index (χ0v) is 9.16. The number of allylic oxidation sites excluding steroid dienone is 2. The maximum atomic E-state index is 5.67. The van der Waals surface area contributed by atoms with Crippen LogP contribution in [0.1, 0.15) is 26.2 Å². The van der Waals surface area contributed by atoms with Crippen molar-refractivity contribution < 1.29 is 9.47 Å². The van der Waals surface area contributed by atoms with Crippen LogP contribution in [0.2, 0.25) is 0 Å². The van der Waals surface area contributed by atoms with Crippen molar-refractivity contribution in [2.45, 2.75) is 32.3 Å². The molecule has 0 aromatic carbocycles. The van der Waals surface area contributed by atoms with E-state index in [1.807, 2.05) is 0 Å². The van der Waals surface area contributed by atoms with E-state index in [4.69, 9.17) is 9.47 Å². The van der Waals surface area contributed by atoms with Crippen molar-refractivity contribution >= 4 is 0 Å². The predicted molar refractivity (Wildman–Crippen MR) is 58.4 cm³/mol. The normalized spacial score (nSPS) is 21.0. The first-order valence-electron chi connectivity index (χ1n) is 5.34. The zero-order chi connectivity index (χ0) is 10.2. The molecule has 1 atom stereocenters. The number of methoxy groups -OCH3 is 1. The lowest BCUT2D eigenvalue weighted by Gasteiger charge is -2.16. The predicted octanol–water partition coefficient (Wildman–Crippen LogP) is 2.70. The monoisotopic (exact) mass is 196 g/mol. The molecule has 0 saturated carbocycles. The van der Waals surface area contributed by atoms with Gasteiger partial charge in [-0.1, -0.05) is 30.7 Å². The molecule has 1 unspecified atom stereocenters. The fourth-order valence-corrected chi connectivity index (χ4v) is 1.47. The van der Waals surface area contributed by atoms with E-state index in [9.17, 15) is 0 Å². The molecule has 1 aliphatic rings. The van der Waals surface area contributed by atoms with Gasteiger partial charge in [0, 0.05) is 20.3 Å². The van der Waals surface area contributed by atoms with Gasteiger partial charge in [-0.05, 0) is 19.3 Å². The van der Waals surface area contributed by atoms with Gasteiger partial charge in [0.15, 0.2) is 0 Å². The first kappa shape index (κ1) is 11.5. The van der Waals surface area contributed by atoms with Gasteiger partial charge >= 0.3 is 0 Å². The molecular formula is C12H20O2. The Morgan fingerprint density at radius 3 is 2.86 bits per heavy atom. The third-order valence-corrected chi connectivity index (χ3v) is 2.37. The molecule has 14 heavy (non-hydrogen) atoms. The molecule has 0 N–H and O–H groups in total. The molecule has 0 radical (unpaired) electrons. The second-order valence-electron chi connectivity index (χ2n) is 3.48. The SMILES string of the molecule is CCC1=CCC(OCCCOC)C=C1. The third kappa shape index (κ3) is 4.07. The Balaban J connectivity index is 2.11. The Bertz CT molecular complexity index is 206. The van der Waals surface area contributed by atoms with Gasteiger partial charge in [0.2, 0.25) is 0 Å². The van der Waals surface area contributed by atoms with Crippen LogP contribution < -0.4 is 0 Å². The summed E-state index contributed by atoms with van der Waals surface area (Å²) in [7, 11) is 1.72. The molecule has 1 aliphatic carbocycles. The van der Waals surface area contributed by atoms with Crippen LogP contribution in [-0.2, 0) is 9.47 Å². The molecule has 0 saturated heterocycles. The number of ether oxygens (including phenoxy) is 2. The van der Waals surface area contributed by atoms with E-state index in [-0.39, 0.29) is 6.10 Å². The molecule has 80 valence electrons. The van der Waals surface area contributed by atoms with Crippen molar-refractivity contribution in [3.8, 4) is 0 Å². The highest BCUT2D eigenvalue weighted by Crippen LogP contribution is 2.15. The molecule has 0 aliphatic heterocycles. The van der Waals surface area contributed by atoms with Gasteiger partial charge < -0.3 is 9.47 Å². The lowest BCUT2D eigenvalue weighted by Crippen LogP contribution is -2.13. The maximum absolute atomic E-state index is 5.67. The Morgan fingerprint density at radius 2 is 2.29 bits per heavy atom. The van der Waals surface area contributed by atoms with Crippen molar-refractivity contribution in [2.24, 2.45) is 0 Å². The first-order valence-corrected chi connectivity index (χ1v) is 5.34. The first-order chi connectivity index (χ1) is 6.86. The summed E-state index contributed by atoms with van der Waals surface area (Å²) in [6.45, 7) is 3.75. The number of rotatable bonds is 6. The van der Waals surface area contributed by atoms with Crippen LogP contribution in [0.4, 0.5) is 0 Å². The topological polar surface area (TPSA) is 18.5 Å². The van der Waals surface area contributed by atoms with Crippen molar-refractivity contribution in [1.82, 2.24) is 0 Å². The molecule has 0 aromatic heterocycles. The van der Waals surface area contributed by atoms with Gasteiger partial charge in [-0.2, -0.15) is 0 Å².